The number of hydrazone groups is 1. The molecule has 0 aliphatic carbocycles. The summed E-state index contributed by atoms with van der Waals surface area (Å²) in [6, 6.07) is 17.9. The van der Waals surface area contributed by atoms with Crippen LogP contribution in [0.4, 0.5) is 5.95 Å². The molecule has 0 radical (unpaired) electrons. The minimum atomic E-state index is -0.434. The number of nitrogens with one attached hydrogen (secondary N) is 1. The number of nitrogens with zero attached hydrogens (tertiary/aromatic N) is 5. The van der Waals surface area contributed by atoms with E-state index in [-0.39, 0.29) is 0 Å². The molecule has 2 heterocycles. The molecule has 0 aliphatic heterocycles. The van der Waals surface area contributed by atoms with Crippen molar-refractivity contribution < 1.29 is 0 Å². The molecule has 2 aromatic carbocycles. The Morgan fingerprint density at radius 1 is 1.06 bits per heavy atom. The van der Waals surface area contributed by atoms with Crippen LogP contribution < -0.4 is 16.7 Å². The van der Waals surface area contributed by atoms with Gasteiger partial charge in [0, 0.05) is 18.6 Å². The molecule has 0 saturated carbocycles. The Balaban J connectivity index is 1.75. The van der Waals surface area contributed by atoms with E-state index in [4.69, 9.17) is 0 Å². The van der Waals surface area contributed by atoms with Gasteiger partial charge in [0.1, 0.15) is 0 Å². The van der Waals surface area contributed by atoms with Crippen molar-refractivity contribution in [1.29, 1.82) is 0 Å². The van der Waals surface area contributed by atoms with Crippen LogP contribution in [0.5, 0.6) is 0 Å². The van der Waals surface area contributed by atoms with Crippen molar-refractivity contribution in [3.63, 3.8) is 0 Å². The van der Waals surface area contributed by atoms with Gasteiger partial charge in [-0.15, -0.1) is 0 Å². The maximum Gasteiger partial charge on any atom is 0.332 e. The fourth-order valence-electron chi connectivity index (χ4n) is 3.46. The van der Waals surface area contributed by atoms with Crippen LogP contribution in [-0.2, 0) is 20.6 Å². The summed E-state index contributed by atoms with van der Waals surface area (Å²) in [5.41, 5.74) is 5.88. The highest BCUT2D eigenvalue weighted by molar-refractivity contribution is 9.12. The standard InChI is InChI=1S/C24H23BrN6O2/c1-16-9-11-18(12-10-16)15-31-20-21(29(2)24(33)30(3)22(20)32)27-23(31)28-26-14-19(25)13-17-7-5-4-6-8-17/h4-14H,15H2,1-3H3,(H,27,28)/b19-13+,26-14+. The molecule has 0 saturated heterocycles. The number of aromatic nitrogens is 4. The normalized spacial score (nSPS) is 12.1. The van der Waals surface area contributed by atoms with Gasteiger partial charge in [-0.1, -0.05) is 60.2 Å². The van der Waals surface area contributed by atoms with Crippen molar-refractivity contribution in [3.8, 4) is 0 Å². The molecule has 33 heavy (non-hydrogen) atoms. The lowest BCUT2D eigenvalue weighted by molar-refractivity contribution is 0.702. The van der Waals surface area contributed by atoms with Gasteiger partial charge < -0.3 is 0 Å². The average molecular weight is 507 g/mol. The van der Waals surface area contributed by atoms with Crippen molar-refractivity contribution in [1.82, 2.24) is 18.7 Å². The first-order valence-corrected chi connectivity index (χ1v) is 11.1. The quantitative estimate of drug-likeness (QED) is 0.319. The van der Waals surface area contributed by atoms with Gasteiger partial charge in [0.25, 0.3) is 5.56 Å². The summed E-state index contributed by atoms with van der Waals surface area (Å²) in [7, 11) is 3.06. The molecule has 0 atom stereocenters. The number of rotatable bonds is 6. The number of anilines is 1. The Kier molecular flexibility index (Phi) is 6.41. The van der Waals surface area contributed by atoms with E-state index in [1.54, 1.807) is 17.8 Å². The van der Waals surface area contributed by atoms with Gasteiger partial charge in [-0.3, -0.25) is 18.5 Å². The fourth-order valence-corrected chi connectivity index (χ4v) is 3.83. The van der Waals surface area contributed by atoms with Crippen molar-refractivity contribution in [2.24, 2.45) is 19.2 Å². The number of hydrogen-bond donors (Lipinski definition) is 1. The Morgan fingerprint density at radius 3 is 2.45 bits per heavy atom. The molecule has 168 valence electrons. The second-order valence-corrected chi connectivity index (χ2v) is 8.61. The Bertz CT molecular complexity index is 1480. The summed E-state index contributed by atoms with van der Waals surface area (Å²) in [5.74, 6) is 0.361. The van der Waals surface area contributed by atoms with Gasteiger partial charge in [-0.25, -0.2) is 10.2 Å². The number of allylic oxidation sites excluding steroid dienone is 1. The van der Waals surface area contributed by atoms with Gasteiger partial charge in [0.15, 0.2) is 11.2 Å². The van der Waals surface area contributed by atoms with Crippen LogP contribution in [0.1, 0.15) is 16.7 Å². The third-order valence-electron chi connectivity index (χ3n) is 5.27. The Hall–Kier alpha value is -3.72. The zero-order chi connectivity index (χ0) is 23.5. The van der Waals surface area contributed by atoms with E-state index in [9.17, 15) is 9.59 Å². The first-order valence-electron chi connectivity index (χ1n) is 10.3. The number of aryl methyl sites for hydroxylation is 2. The largest absolute Gasteiger partial charge is 0.332 e. The van der Waals surface area contributed by atoms with Crippen LogP contribution in [-0.4, -0.2) is 24.9 Å². The van der Waals surface area contributed by atoms with Gasteiger partial charge in [-0.2, -0.15) is 10.1 Å². The molecule has 4 aromatic rings. The summed E-state index contributed by atoms with van der Waals surface area (Å²) < 4.78 is 4.95. The summed E-state index contributed by atoms with van der Waals surface area (Å²) in [6.07, 6.45) is 3.54. The van der Waals surface area contributed by atoms with E-state index < -0.39 is 11.2 Å². The predicted octanol–water partition coefficient (Wildman–Crippen LogP) is 3.62. The number of imidazole rings is 1. The van der Waals surface area contributed by atoms with Gasteiger partial charge in [0.05, 0.1) is 12.8 Å². The van der Waals surface area contributed by atoms with Crippen molar-refractivity contribution >= 4 is 45.3 Å². The smallest absolute Gasteiger partial charge is 0.298 e. The topological polar surface area (TPSA) is 86.2 Å². The molecule has 0 aliphatic rings. The van der Waals surface area contributed by atoms with Crippen LogP contribution >= 0.6 is 15.9 Å². The molecule has 1 N–H and O–H groups in total. The lowest BCUT2D eigenvalue weighted by Crippen LogP contribution is -2.37. The van der Waals surface area contributed by atoms with E-state index in [1.807, 2.05) is 67.6 Å². The average Bonchev–Trinajstić information content (AvgIpc) is 3.16. The van der Waals surface area contributed by atoms with Crippen molar-refractivity contribution in [2.75, 3.05) is 5.43 Å². The summed E-state index contributed by atoms with van der Waals surface area (Å²) in [6.45, 7) is 2.41. The maximum absolute atomic E-state index is 13.0. The van der Waals surface area contributed by atoms with Crippen LogP contribution in [0.2, 0.25) is 0 Å². The molecule has 9 heteroatoms. The number of benzene rings is 2. The molecular formula is C24H23BrN6O2. The highest BCUT2D eigenvalue weighted by Crippen LogP contribution is 2.18. The minimum Gasteiger partial charge on any atom is -0.298 e. The Labute approximate surface area is 198 Å². The fraction of sp³-hybridized carbons (Fsp3) is 0.167. The van der Waals surface area contributed by atoms with Crippen LogP contribution in [0, 0.1) is 6.92 Å². The third-order valence-corrected chi connectivity index (χ3v) is 5.70. The highest BCUT2D eigenvalue weighted by atomic mass is 79.9. The molecule has 0 unspecified atom stereocenters. The van der Waals surface area contributed by atoms with Crippen LogP contribution in [0.25, 0.3) is 17.2 Å². The molecule has 8 nitrogen and oxygen atoms in total. The predicted molar refractivity (Wildman–Crippen MR) is 136 cm³/mol. The van der Waals surface area contributed by atoms with Gasteiger partial charge in [-0.05, 0) is 40.1 Å². The number of hydrogen-bond acceptors (Lipinski definition) is 5. The van der Waals surface area contributed by atoms with E-state index in [2.05, 4.69) is 31.4 Å². The van der Waals surface area contributed by atoms with Crippen LogP contribution in [0.3, 0.4) is 0 Å². The second kappa shape index (κ2) is 9.41. The minimum absolute atomic E-state index is 0.298. The van der Waals surface area contributed by atoms with E-state index >= 15 is 0 Å². The molecule has 4 rings (SSSR count). The number of fused-ring (bicyclic) bond motifs is 1. The maximum atomic E-state index is 13.0. The summed E-state index contributed by atoms with van der Waals surface area (Å²) >= 11 is 3.49. The van der Waals surface area contributed by atoms with E-state index in [0.29, 0.717) is 23.7 Å². The van der Waals surface area contributed by atoms with Crippen molar-refractivity contribution in [2.45, 2.75) is 13.5 Å². The lowest BCUT2D eigenvalue weighted by Gasteiger charge is -2.09. The van der Waals surface area contributed by atoms with Crippen LogP contribution in [0.15, 0.2) is 73.8 Å². The highest BCUT2D eigenvalue weighted by Gasteiger charge is 2.19. The zero-order valence-corrected chi connectivity index (χ0v) is 20.1. The molecule has 0 bridgehead atoms. The van der Waals surface area contributed by atoms with Gasteiger partial charge in [0.2, 0.25) is 5.95 Å². The number of halogens is 1. The molecule has 0 fully saturated rings. The third kappa shape index (κ3) is 4.73. The summed E-state index contributed by atoms with van der Waals surface area (Å²) in [5, 5.41) is 4.28. The first-order chi connectivity index (χ1) is 15.8. The SMILES string of the molecule is Cc1ccc(Cn2c(N/N=C/C(Br)=C\c3ccccc3)nc3c2c(=O)n(C)c(=O)n3C)cc1. The van der Waals surface area contributed by atoms with E-state index in [1.165, 1.54) is 11.6 Å². The lowest BCUT2D eigenvalue weighted by atomic mass is 10.1. The monoisotopic (exact) mass is 506 g/mol. The molecule has 0 amide bonds. The Morgan fingerprint density at radius 2 is 1.76 bits per heavy atom. The van der Waals surface area contributed by atoms with Gasteiger partial charge >= 0.3 is 5.69 Å². The zero-order valence-electron chi connectivity index (χ0n) is 18.5. The summed E-state index contributed by atoms with van der Waals surface area (Å²) in [4.78, 5) is 29.9. The molecule has 0 spiro atoms. The first kappa shape index (κ1) is 22.5. The second-order valence-electron chi connectivity index (χ2n) is 7.70. The van der Waals surface area contributed by atoms with Crippen molar-refractivity contribution in [3.05, 3.63) is 96.6 Å². The molecular weight excluding hydrogens is 484 g/mol. The van der Waals surface area contributed by atoms with E-state index in [0.717, 1.165) is 25.7 Å². The molecule has 2 aromatic heterocycles.